The molecule has 28 heavy (non-hydrogen) atoms. The summed E-state index contributed by atoms with van der Waals surface area (Å²) in [6.45, 7) is 0. The minimum atomic E-state index is -3.67. The Morgan fingerprint density at radius 3 is 2.00 bits per heavy atom. The molecule has 3 rings (SSSR count). The Labute approximate surface area is 178 Å². The Bertz CT molecular complexity index is 1090. The van der Waals surface area contributed by atoms with Gasteiger partial charge in [0.15, 0.2) is 5.11 Å². The van der Waals surface area contributed by atoms with Gasteiger partial charge in [0.2, 0.25) is 0 Å². The molecule has 3 aromatic carbocycles. The van der Waals surface area contributed by atoms with Crippen molar-refractivity contribution in [2.45, 2.75) is 4.90 Å². The lowest BCUT2D eigenvalue weighted by molar-refractivity contribution is 0.601. The monoisotopic (exact) mass is 451 g/mol. The van der Waals surface area contributed by atoms with E-state index in [4.69, 9.17) is 35.4 Å². The van der Waals surface area contributed by atoms with Crippen LogP contribution in [-0.2, 0) is 10.0 Å². The molecule has 0 amide bonds. The van der Waals surface area contributed by atoms with Gasteiger partial charge in [0.1, 0.15) is 0 Å². The van der Waals surface area contributed by atoms with Crippen molar-refractivity contribution in [3.63, 3.8) is 0 Å². The Morgan fingerprint density at radius 1 is 0.750 bits per heavy atom. The van der Waals surface area contributed by atoms with E-state index in [2.05, 4.69) is 15.4 Å². The average molecular weight is 452 g/mol. The molecule has 0 fully saturated rings. The molecule has 3 aromatic rings. The maximum absolute atomic E-state index is 12.4. The number of para-hydroxylation sites is 1. The van der Waals surface area contributed by atoms with Crippen molar-refractivity contribution in [2.75, 3.05) is 15.4 Å². The molecule has 0 heterocycles. The van der Waals surface area contributed by atoms with Crippen molar-refractivity contribution in [1.29, 1.82) is 0 Å². The fraction of sp³-hybridized carbons (Fsp3) is 0. The maximum Gasteiger partial charge on any atom is 0.261 e. The van der Waals surface area contributed by atoms with E-state index in [1.54, 1.807) is 54.6 Å². The number of nitrogens with one attached hydrogen (secondary N) is 3. The number of sulfonamides is 1. The number of hydrogen-bond acceptors (Lipinski definition) is 3. The van der Waals surface area contributed by atoms with Crippen LogP contribution in [0.4, 0.5) is 17.1 Å². The maximum atomic E-state index is 12.4. The fourth-order valence-electron chi connectivity index (χ4n) is 2.31. The molecular weight excluding hydrogens is 437 g/mol. The highest BCUT2D eigenvalue weighted by atomic mass is 35.5. The second-order valence-corrected chi connectivity index (χ2v) is 8.61. The van der Waals surface area contributed by atoms with Gasteiger partial charge >= 0.3 is 0 Å². The highest BCUT2D eigenvalue weighted by molar-refractivity contribution is 7.92. The molecule has 5 nitrogen and oxygen atoms in total. The zero-order valence-corrected chi connectivity index (χ0v) is 17.5. The molecule has 0 aliphatic carbocycles. The Balaban J connectivity index is 1.65. The minimum Gasteiger partial charge on any atom is -0.332 e. The van der Waals surface area contributed by atoms with Crippen LogP contribution >= 0.6 is 35.4 Å². The van der Waals surface area contributed by atoms with Gasteiger partial charge in [-0.3, -0.25) is 4.72 Å². The van der Waals surface area contributed by atoms with E-state index in [0.29, 0.717) is 32.2 Å². The summed E-state index contributed by atoms with van der Waals surface area (Å²) < 4.78 is 27.4. The van der Waals surface area contributed by atoms with Crippen molar-refractivity contribution >= 4 is 67.6 Å². The van der Waals surface area contributed by atoms with Crippen LogP contribution in [0.25, 0.3) is 0 Å². The van der Waals surface area contributed by atoms with Crippen LogP contribution in [0.15, 0.2) is 77.7 Å². The van der Waals surface area contributed by atoms with Crippen LogP contribution in [0.3, 0.4) is 0 Å². The highest BCUT2D eigenvalue weighted by Crippen LogP contribution is 2.25. The highest BCUT2D eigenvalue weighted by Gasteiger charge is 2.14. The lowest BCUT2D eigenvalue weighted by Gasteiger charge is -2.12. The SMILES string of the molecule is O=S(=O)(Nc1ccccc1)c1ccc(NC(=S)Nc2ccc(Cl)c(Cl)c2)cc1. The first-order chi connectivity index (χ1) is 13.3. The van der Waals surface area contributed by atoms with E-state index < -0.39 is 10.0 Å². The molecule has 0 saturated heterocycles. The van der Waals surface area contributed by atoms with Crippen molar-refractivity contribution in [1.82, 2.24) is 0 Å². The number of benzene rings is 3. The second kappa shape index (κ2) is 8.79. The zero-order valence-electron chi connectivity index (χ0n) is 14.3. The van der Waals surface area contributed by atoms with E-state index in [1.165, 1.54) is 12.1 Å². The van der Waals surface area contributed by atoms with Gasteiger partial charge in [-0.2, -0.15) is 0 Å². The summed E-state index contributed by atoms with van der Waals surface area (Å²) in [5.41, 5.74) is 1.81. The summed E-state index contributed by atoms with van der Waals surface area (Å²) in [6.07, 6.45) is 0. The topological polar surface area (TPSA) is 70.2 Å². The summed E-state index contributed by atoms with van der Waals surface area (Å²) >= 11 is 17.1. The lowest BCUT2D eigenvalue weighted by atomic mass is 10.3. The molecule has 144 valence electrons. The van der Waals surface area contributed by atoms with Gasteiger partial charge in [-0.05, 0) is 66.8 Å². The number of halogens is 2. The van der Waals surface area contributed by atoms with E-state index in [9.17, 15) is 8.42 Å². The smallest absolute Gasteiger partial charge is 0.261 e. The molecule has 0 aliphatic heterocycles. The Morgan fingerprint density at radius 2 is 1.36 bits per heavy atom. The molecule has 0 aromatic heterocycles. The third-order valence-corrected chi connectivity index (χ3v) is 5.97. The van der Waals surface area contributed by atoms with Crippen LogP contribution in [-0.4, -0.2) is 13.5 Å². The van der Waals surface area contributed by atoms with Gasteiger partial charge in [-0.1, -0.05) is 41.4 Å². The van der Waals surface area contributed by atoms with Crippen LogP contribution in [0.5, 0.6) is 0 Å². The summed E-state index contributed by atoms with van der Waals surface area (Å²) in [6, 6.07) is 20.0. The van der Waals surface area contributed by atoms with Crippen molar-refractivity contribution in [2.24, 2.45) is 0 Å². The summed E-state index contributed by atoms with van der Waals surface area (Å²) in [5.74, 6) is 0. The number of thiocarbonyl (C=S) groups is 1. The first-order valence-corrected chi connectivity index (χ1v) is 10.7. The summed E-state index contributed by atoms with van der Waals surface area (Å²) in [5, 5.41) is 7.16. The molecular formula is C19H15Cl2N3O2S2. The molecule has 0 aliphatic rings. The predicted molar refractivity (Wildman–Crippen MR) is 120 cm³/mol. The van der Waals surface area contributed by atoms with Crippen LogP contribution < -0.4 is 15.4 Å². The average Bonchev–Trinajstić information content (AvgIpc) is 2.65. The van der Waals surface area contributed by atoms with Gasteiger partial charge in [-0.25, -0.2) is 8.42 Å². The first kappa shape index (κ1) is 20.4. The predicted octanol–water partition coefficient (Wildman–Crippen LogP) is 5.60. The molecule has 0 radical (unpaired) electrons. The number of hydrogen-bond donors (Lipinski definition) is 3. The molecule has 0 saturated carbocycles. The first-order valence-electron chi connectivity index (χ1n) is 8.04. The van der Waals surface area contributed by atoms with Gasteiger partial charge in [0.25, 0.3) is 10.0 Å². The second-order valence-electron chi connectivity index (χ2n) is 5.70. The third kappa shape index (κ3) is 5.36. The standard InChI is InChI=1S/C19H15Cl2N3O2S2/c20-17-11-8-15(12-18(17)21)23-19(27)22-13-6-9-16(10-7-13)28(25,26)24-14-4-2-1-3-5-14/h1-12,24H,(H2,22,23,27). The quantitative estimate of drug-likeness (QED) is 0.440. The fourth-order valence-corrected chi connectivity index (χ4v) is 3.90. The van der Waals surface area contributed by atoms with Crippen molar-refractivity contribution < 1.29 is 8.42 Å². The zero-order chi connectivity index (χ0) is 20.1. The molecule has 0 atom stereocenters. The molecule has 9 heteroatoms. The Hall–Kier alpha value is -2.32. The van der Waals surface area contributed by atoms with E-state index in [1.807, 2.05) is 6.07 Å². The molecule has 0 spiro atoms. The lowest BCUT2D eigenvalue weighted by Crippen LogP contribution is -2.19. The van der Waals surface area contributed by atoms with Gasteiger partial charge in [0.05, 0.1) is 14.9 Å². The van der Waals surface area contributed by atoms with Gasteiger partial charge in [0, 0.05) is 17.1 Å². The molecule has 3 N–H and O–H groups in total. The van der Waals surface area contributed by atoms with E-state index in [0.717, 1.165) is 0 Å². The van der Waals surface area contributed by atoms with Crippen LogP contribution in [0.1, 0.15) is 0 Å². The molecule has 0 bridgehead atoms. The Kier molecular flexibility index (Phi) is 6.41. The number of rotatable bonds is 5. The molecule has 0 unspecified atom stereocenters. The minimum absolute atomic E-state index is 0.144. The van der Waals surface area contributed by atoms with Crippen LogP contribution in [0, 0.1) is 0 Å². The largest absolute Gasteiger partial charge is 0.332 e. The third-order valence-electron chi connectivity index (χ3n) is 3.63. The summed E-state index contributed by atoms with van der Waals surface area (Å²) in [7, 11) is -3.67. The summed E-state index contributed by atoms with van der Waals surface area (Å²) in [4.78, 5) is 0.144. The number of anilines is 3. The van der Waals surface area contributed by atoms with Gasteiger partial charge < -0.3 is 10.6 Å². The van der Waals surface area contributed by atoms with Crippen molar-refractivity contribution in [3.05, 3.63) is 82.8 Å². The van der Waals surface area contributed by atoms with Crippen molar-refractivity contribution in [3.8, 4) is 0 Å². The van der Waals surface area contributed by atoms with Gasteiger partial charge in [-0.15, -0.1) is 0 Å². The van der Waals surface area contributed by atoms with E-state index in [-0.39, 0.29) is 4.90 Å². The normalized spacial score (nSPS) is 10.9. The van der Waals surface area contributed by atoms with Crippen LogP contribution in [0.2, 0.25) is 10.0 Å². The van der Waals surface area contributed by atoms with E-state index >= 15 is 0 Å².